The molecule has 0 radical (unpaired) electrons. The normalized spacial score (nSPS) is 20.1. The van der Waals surface area contributed by atoms with E-state index in [0.717, 1.165) is 54.4 Å². The summed E-state index contributed by atoms with van der Waals surface area (Å²) < 4.78 is 7.39. The number of anilines is 1. The van der Waals surface area contributed by atoms with Gasteiger partial charge < -0.3 is 14.6 Å². The Morgan fingerprint density at radius 2 is 1.84 bits per heavy atom. The molecular formula is C23H21N7O. The predicted octanol–water partition coefficient (Wildman–Crippen LogP) is 2.24. The maximum atomic E-state index is 5.62. The molecule has 0 spiro atoms. The summed E-state index contributed by atoms with van der Waals surface area (Å²) in [5.74, 6) is 9.26. The lowest BCUT2D eigenvalue weighted by molar-refractivity contribution is 0.177. The van der Waals surface area contributed by atoms with Gasteiger partial charge in [-0.1, -0.05) is 30.3 Å². The Balaban J connectivity index is 1.34. The average molecular weight is 411 g/mol. The van der Waals surface area contributed by atoms with Crippen LogP contribution in [0.5, 0.6) is 0 Å². The van der Waals surface area contributed by atoms with E-state index in [1.54, 1.807) is 10.9 Å². The molecule has 8 nitrogen and oxygen atoms in total. The topological polar surface area (TPSA) is 84.8 Å². The number of imidazole rings is 1. The minimum absolute atomic E-state index is 0.470. The van der Waals surface area contributed by atoms with Gasteiger partial charge in [-0.25, -0.2) is 15.0 Å². The van der Waals surface area contributed by atoms with Crippen molar-refractivity contribution in [2.45, 2.75) is 0 Å². The van der Waals surface area contributed by atoms with Crippen LogP contribution in [0.3, 0.4) is 0 Å². The van der Waals surface area contributed by atoms with Gasteiger partial charge in [-0.15, -0.1) is 0 Å². The Morgan fingerprint density at radius 3 is 2.65 bits per heavy atom. The summed E-state index contributed by atoms with van der Waals surface area (Å²) in [7, 11) is 1.89. The lowest BCUT2D eigenvalue weighted by Gasteiger charge is -2.19. The van der Waals surface area contributed by atoms with Crippen LogP contribution < -0.4 is 4.90 Å². The quantitative estimate of drug-likeness (QED) is 0.509. The first-order chi connectivity index (χ1) is 15.2. The number of rotatable bonds is 2. The molecule has 0 bridgehead atoms. The number of ether oxygens (including phenoxy) is 1. The van der Waals surface area contributed by atoms with Crippen molar-refractivity contribution in [3.63, 3.8) is 0 Å². The molecule has 5 heterocycles. The van der Waals surface area contributed by atoms with Crippen molar-refractivity contribution in [1.29, 1.82) is 0 Å². The number of benzene rings is 1. The van der Waals surface area contributed by atoms with Crippen LogP contribution in [0.4, 0.5) is 5.82 Å². The van der Waals surface area contributed by atoms with Gasteiger partial charge >= 0.3 is 0 Å². The van der Waals surface area contributed by atoms with Gasteiger partial charge in [-0.2, -0.15) is 5.10 Å². The highest BCUT2D eigenvalue weighted by molar-refractivity contribution is 5.87. The van der Waals surface area contributed by atoms with Crippen LogP contribution in [-0.4, -0.2) is 56.0 Å². The van der Waals surface area contributed by atoms with Crippen molar-refractivity contribution >= 4 is 16.9 Å². The number of fused-ring (bicyclic) bond motifs is 2. The number of aromatic amines is 1. The Bertz CT molecular complexity index is 1300. The van der Waals surface area contributed by atoms with E-state index in [0.29, 0.717) is 23.5 Å². The number of hydrogen-bond donors (Lipinski definition) is 1. The zero-order valence-corrected chi connectivity index (χ0v) is 17.1. The van der Waals surface area contributed by atoms with Crippen molar-refractivity contribution in [1.82, 2.24) is 29.7 Å². The molecule has 2 aliphatic heterocycles. The molecule has 3 aromatic heterocycles. The number of H-pyrrole nitrogens is 1. The highest BCUT2D eigenvalue weighted by atomic mass is 16.5. The van der Waals surface area contributed by atoms with Crippen LogP contribution in [0.1, 0.15) is 11.6 Å². The monoisotopic (exact) mass is 411 g/mol. The van der Waals surface area contributed by atoms with Crippen LogP contribution in [0.25, 0.3) is 22.3 Å². The Morgan fingerprint density at radius 1 is 1.03 bits per heavy atom. The molecule has 1 N–H and O–H groups in total. The maximum absolute atomic E-state index is 5.62. The average Bonchev–Trinajstić information content (AvgIpc) is 3.57. The third-order valence-corrected chi connectivity index (χ3v) is 6.07. The second kappa shape index (κ2) is 7.22. The summed E-state index contributed by atoms with van der Waals surface area (Å²) in [6, 6.07) is 10.1. The summed E-state index contributed by atoms with van der Waals surface area (Å²) in [5, 5.41) is 5.35. The van der Waals surface area contributed by atoms with Gasteiger partial charge in [-0.05, 0) is 17.4 Å². The van der Waals surface area contributed by atoms with Crippen molar-refractivity contribution in [3.8, 4) is 23.1 Å². The molecule has 2 saturated heterocycles. The smallest absolute Gasteiger partial charge is 0.209 e. The van der Waals surface area contributed by atoms with E-state index in [9.17, 15) is 0 Å². The highest BCUT2D eigenvalue weighted by Gasteiger charge is 2.38. The third kappa shape index (κ3) is 3.23. The van der Waals surface area contributed by atoms with Crippen LogP contribution in [0, 0.1) is 23.7 Å². The van der Waals surface area contributed by atoms with Gasteiger partial charge in [0.25, 0.3) is 0 Å². The van der Waals surface area contributed by atoms with Gasteiger partial charge in [0.15, 0.2) is 11.5 Å². The standard InChI is InChI=1S/C23H21N7O/c1-29-22-18(9-25-29)23(30-11-16-13-31-14-17(16)12-30)28-21(27-22)8-7-20-24-10-19(26-20)15-5-3-2-4-6-15/h2-6,9-10,16-17H,11-14H2,1H3,(H,24,26)/t16-,17+. The molecule has 2 aliphatic rings. The zero-order chi connectivity index (χ0) is 20.8. The first-order valence-electron chi connectivity index (χ1n) is 10.4. The number of aromatic nitrogens is 6. The molecule has 8 heteroatoms. The van der Waals surface area contributed by atoms with E-state index in [4.69, 9.17) is 9.72 Å². The molecule has 0 aliphatic carbocycles. The van der Waals surface area contributed by atoms with Crippen LogP contribution in [-0.2, 0) is 11.8 Å². The molecule has 0 unspecified atom stereocenters. The number of nitrogens with one attached hydrogen (secondary N) is 1. The van der Waals surface area contributed by atoms with Gasteiger partial charge in [0, 0.05) is 32.0 Å². The zero-order valence-electron chi connectivity index (χ0n) is 17.1. The molecule has 0 amide bonds. The van der Waals surface area contributed by atoms with Gasteiger partial charge in [0.2, 0.25) is 5.82 Å². The van der Waals surface area contributed by atoms with Crippen LogP contribution in [0.15, 0.2) is 42.7 Å². The lowest BCUT2D eigenvalue weighted by Crippen LogP contribution is -2.24. The summed E-state index contributed by atoms with van der Waals surface area (Å²) >= 11 is 0. The van der Waals surface area contributed by atoms with E-state index in [1.165, 1.54) is 0 Å². The first-order valence-corrected chi connectivity index (χ1v) is 10.4. The predicted molar refractivity (Wildman–Crippen MR) is 116 cm³/mol. The molecule has 1 aromatic carbocycles. The minimum atomic E-state index is 0.470. The van der Waals surface area contributed by atoms with Crippen molar-refractivity contribution in [2.75, 3.05) is 31.2 Å². The lowest BCUT2D eigenvalue weighted by atomic mass is 10.0. The fourth-order valence-corrected chi connectivity index (χ4v) is 4.43. The van der Waals surface area contributed by atoms with E-state index in [1.807, 2.05) is 43.6 Å². The van der Waals surface area contributed by atoms with E-state index < -0.39 is 0 Å². The molecular weight excluding hydrogens is 390 g/mol. The summed E-state index contributed by atoms with van der Waals surface area (Å²) in [5.41, 5.74) is 2.79. The molecule has 4 aromatic rings. The number of hydrogen-bond acceptors (Lipinski definition) is 6. The number of aryl methyl sites for hydroxylation is 1. The van der Waals surface area contributed by atoms with Crippen LogP contribution >= 0.6 is 0 Å². The Hall–Kier alpha value is -3.70. The summed E-state index contributed by atoms with van der Waals surface area (Å²) in [6.45, 7) is 3.54. The van der Waals surface area contributed by atoms with Gasteiger partial charge in [0.05, 0.1) is 36.7 Å². The fourth-order valence-electron chi connectivity index (χ4n) is 4.43. The molecule has 2 atom stereocenters. The maximum Gasteiger partial charge on any atom is 0.209 e. The minimum Gasteiger partial charge on any atom is -0.381 e. The van der Waals surface area contributed by atoms with E-state index in [2.05, 4.69) is 36.8 Å². The van der Waals surface area contributed by atoms with Gasteiger partial charge in [0.1, 0.15) is 5.82 Å². The Kier molecular flexibility index (Phi) is 4.21. The molecule has 6 rings (SSSR count). The second-order valence-corrected chi connectivity index (χ2v) is 8.10. The number of nitrogens with zero attached hydrogens (tertiary/aromatic N) is 6. The third-order valence-electron chi connectivity index (χ3n) is 6.07. The molecule has 2 fully saturated rings. The summed E-state index contributed by atoms with van der Waals surface area (Å²) in [6.07, 6.45) is 3.63. The largest absolute Gasteiger partial charge is 0.381 e. The second-order valence-electron chi connectivity index (χ2n) is 8.10. The van der Waals surface area contributed by atoms with Crippen molar-refractivity contribution < 1.29 is 4.74 Å². The first kappa shape index (κ1) is 18.1. The van der Waals surface area contributed by atoms with Crippen LogP contribution in [0.2, 0.25) is 0 Å². The fraction of sp³-hybridized carbons (Fsp3) is 0.304. The van der Waals surface area contributed by atoms with Crippen molar-refractivity contribution in [2.24, 2.45) is 18.9 Å². The molecule has 31 heavy (non-hydrogen) atoms. The van der Waals surface area contributed by atoms with E-state index in [-0.39, 0.29) is 0 Å². The highest BCUT2D eigenvalue weighted by Crippen LogP contribution is 2.34. The molecule has 154 valence electrons. The molecule has 0 saturated carbocycles. The van der Waals surface area contributed by atoms with Gasteiger partial charge in [-0.3, -0.25) is 4.68 Å². The SMILES string of the molecule is Cn1ncc2c(N3C[C@H]4COC[C@H]4C3)nc(C#Cc3ncc(-c4ccccc4)[nH]3)nc21. The summed E-state index contributed by atoms with van der Waals surface area (Å²) in [4.78, 5) is 19.4. The van der Waals surface area contributed by atoms with E-state index >= 15 is 0 Å². The van der Waals surface area contributed by atoms with Crippen molar-refractivity contribution in [3.05, 3.63) is 54.4 Å². The Labute approximate surface area is 179 Å².